The minimum absolute atomic E-state index is 0.0187. The van der Waals surface area contributed by atoms with Gasteiger partial charge in [0.05, 0.1) is 29.9 Å². The maximum Gasteiger partial charge on any atom is 0.319 e. The summed E-state index contributed by atoms with van der Waals surface area (Å²) in [5.74, 6) is -1.20. The van der Waals surface area contributed by atoms with Crippen molar-refractivity contribution >= 4 is 39.1 Å². The SMILES string of the molecule is CCc1c(F)ccc2cc(O)cc(-c3ncc4c(N5CCCN=C(C=C(N)C(=O)N(C)C)C5)nc(OCC5(CN(C)C)CC5)nc4c3F)c12. The first-order valence-electron chi connectivity index (χ1n) is 16.4. The molecule has 1 saturated carbocycles. The predicted octanol–water partition coefficient (Wildman–Crippen LogP) is 4.69. The van der Waals surface area contributed by atoms with E-state index in [-0.39, 0.29) is 52.1 Å². The molecule has 1 aliphatic carbocycles. The number of fused-ring (bicyclic) bond motifs is 2. The van der Waals surface area contributed by atoms with Crippen LogP contribution in [0, 0.1) is 17.0 Å². The fourth-order valence-corrected chi connectivity index (χ4v) is 6.54. The molecule has 0 unspecified atom stereocenters. The number of carbonyl (C=O) groups excluding carboxylic acids is 1. The van der Waals surface area contributed by atoms with E-state index in [1.165, 1.54) is 29.3 Å². The zero-order valence-corrected chi connectivity index (χ0v) is 28.6. The average Bonchev–Trinajstić information content (AvgIpc) is 3.86. The summed E-state index contributed by atoms with van der Waals surface area (Å²) in [5.41, 5.74) is 7.26. The lowest BCUT2D eigenvalue weighted by Crippen LogP contribution is -2.32. The summed E-state index contributed by atoms with van der Waals surface area (Å²) in [6.45, 7) is 4.30. The fraction of sp³-hybridized carbons (Fsp3) is 0.417. The highest BCUT2D eigenvalue weighted by molar-refractivity contribution is 6.06. The van der Waals surface area contributed by atoms with E-state index in [4.69, 9.17) is 15.5 Å². The second kappa shape index (κ2) is 13.5. The third kappa shape index (κ3) is 6.98. The van der Waals surface area contributed by atoms with E-state index in [0.717, 1.165) is 19.4 Å². The molecule has 13 heteroatoms. The molecule has 1 amide bonds. The molecule has 11 nitrogen and oxygen atoms in total. The molecule has 6 rings (SSSR count). The molecule has 2 aromatic heterocycles. The Balaban J connectivity index is 1.49. The Labute approximate surface area is 284 Å². The topological polar surface area (TPSA) is 133 Å². The van der Waals surface area contributed by atoms with Gasteiger partial charge in [-0.25, -0.2) is 8.78 Å². The van der Waals surface area contributed by atoms with Crippen LogP contribution in [0.15, 0.2) is 47.2 Å². The Kier molecular flexibility index (Phi) is 9.39. The number of hydrogen-bond donors (Lipinski definition) is 2. The van der Waals surface area contributed by atoms with Gasteiger partial charge in [-0.3, -0.25) is 14.8 Å². The molecule has 1 aliphatic heterocycles. The van der Waals surface area contributed by atoms with Crippen molar-refractivity contribution in [3.05, 3.63) is 59.4 Å². The van der Waals surface area contributed by atoms with Gasteiger partial charge in [0.15, 0.2) is 5.82 Å². The quantitative estimate of drug-likeness (QED) is 0.230. The lowest BCUT2D eigenvalue weighted by Gasteiger charge is -2.25. The number of benzene rings is 2. The van der Waals surface area contributed by atoms with Gasteiger partial charge in [-0.05, 0) is 80.4 Å². The highest BCUT2D eigenvalue weighted by atomic mass is 19.1. The average molecular weight is 673 g/mol. The summed E-state index contributed by atoms with van der Waals surface area (Å²) in [6, 6.07) is 5.85. The largest absolute Gasteiger partial charge is 0.508 e. The zero-order valence-electron chi connectivity index (χ0n) is 28.6. The number of nitrogens with zero attached hydrogens (tertiary/aromatic N) is 7. The lowest BCUT2D eigenvalue weighted by atomic mass is 9.94. The molecule has 4 aromatic rings. The number of halogens is 2. The van der Waals surface area contributed by atoms with Gasteiger partial charge in [-0.1, -0.05) is 13.0 Å². The van der Waals surface area contributed by atoms with Crippen LogP contribution in [0.2, 0.25) is 0 Å². The lowest BCUT2D eigenvalue weighted by molar-refractivity contribution is -0.124. The summed E-state index contributed by atoms with van der Waals surface area (Å²) >= 11 is 0. The minimum atomic E-state index is -0.747. The van der Waals surface area contributed by atoms with Gasteiger partial charge in [0.1, 0.15) is 28.6 Å². The Hall–Kier alpha value is -4.91. The Morgan fingerprint density at radius 2 is 1.94 bits per heavy atom. The summed E-state index contributed by atoms with van der Waals surface area (Å²) in [5, 5.41) is 12.0. The zero-order chi connectivity index (χ0) is 35.0. The number of likely N-dealkylation sites (N-methyl/N-ethyl adjacent to an activating group) is 1. The van der Waals surface area contributed by atoms with E-state index in [9.17, 15) is 9.90 Å². The number of hydrogen-bond acceptors (Lipinski definition) is 10. The first-order valence-corrected chi connectivity index (χ1v) is 16.4. The van der Waals surface area contributed by atoms with Crippen LogP contribution in [0.3, 0.4) is 0 Å². The first-order chi connectivity index (χ1) is 23.4. The van der Waals surface area contributed by atoms with Crippen LogP contribution in [-0.2, 0) is 11.2 Å². The van der Waals surface area contributed by atoms with Crippen molar-refractivity contribution in [3.8, 4) is 23.0 Å². The monoisotopic (exact) mass is 672 g/mol. The third-order valence-electron chi connectivity index (χ3n) is 9.05. The molecule has 2 aromatic carbocycles. The molecule has 0 spiro atoms. The van der Waals surface area contributed by atoms with Crippen LogP contribution < -0.4 is 15.4 Å². The van der Waals surface area contributed by atoms with Crippen molar-refractivity contribution in [2.24, 2.45) is 16.1 Å². The minimum Gasteiger partial charge on any atom is -0.508 e. The number of rotatable bonds is 10. The van der Waals surface area contributed by atoms with Crippen molar-refractivity contribution < 1.29 is 23.4 Å². The second-order valence-corrected chi connectivity index (χ2v) is 13.5. The standard InChI is InChI=1S/C36H42F2N8O3/c1-6-24-27(37)9-8-21-14-23(47)16-25(29(21)24)31-30(38)32-26(17-41-31)33(43-35(42-32)49-20-36(10-11-36)19-44(2)3)46-13-7-12-40-22(18-46)15-28(39)34(48)45(4)5/h8-9,14-17,47H,6-7,10-13,18-20,39H2,1-5H3. The molecule has 0 bridgehead atoms. The molecule has 3 heterocycles. The Bertz CT molecular complexity index is 1990. The molecule has 2 aliphatic rings. The second-order valence-electron chi connectivity index (χ2n) is 13.5. The van der Waals surface area contributed by atoms with Crippen molar-refractivity contribution in [1.29, 1.82) is 0 Å². The maximum absolute atomic E-state index is 16.9. The first kappa shape index (κ1) is 34.0. The number of aromatic hydroxyl groups is 1. The van der Waals surface area contributed by atoms with E-state index in [2.05, 4.69) is 19.9 Å². The number of aromatic nitrogens is 3. The normalized spacial score (nSPS) is 16.2. The number of pyridine rings is 1. The molecule has 0 radical (unpaired) electrons. The van der Waals surface area contributed by atoms with Crippen LogP contribution >= 0.6 is 0 Å². The van der Waals surface area contributed by atoms with Crippen LogP contribution in [0.5, 0.6) is 11.8 Å². The summed E-state index contributed by atoms with van der Waals surface area (Å²) < 4.78 is 38.2. The number of carbonyl (C=O) groups is 1. The molecule has 1 fully saturated rings. The number of ether oxygens (including phenoxy) is 1. The number of phenolic OH excluding ortho intramolecular Hbond substituents is 1. The van der Waals surface area contributed by atoms with Crippen molar-refractivity contribution in [1.82, 2.24) is 24.8 Å². The molecule has 0 atom stereocenters. The molecular formula is C36H42F2N8O3. The molecule has 3 N–H and O–H groups in total. The molecule has 0 saturated heterocycles. The van der Waals surface area contributed by atoms with E-state index in [1.54, 1.807) is 26.2 Å². The van der Waals surface area contributed by atoms with Gasteiger partial charge in [0.25, 0.3) is 5.91 Å². The number of amides is 1. The van der Waals surface area contributed by atoms with Gasteiger partial charge < -0.3 is 30.3 Å². The van der Waals surface area contributed by atoms with Crippen LogP contribution in [0.25, 0.3) is 32.9 Å². The Morgan fingerprint density at radius 3 is 2.63 bits per heavy atom. The van der Waals surface area contributed by atoms with Crippen LogP contribution in [0.1, 0.15) is 31.7 Å². The van der Waals surface area contributed by atoms with Crippen LogP contribution in [-0.4, -0.2) is 102 Å². The van der Waals surface area contributed by atoms with Crippen molar-refractivity contribution in [2.75, 3.05) is 65.9 Å². The summed E-state index contributed by atoms with van der Waals surface area (Å²) in [4.78, 5) is 36.5. The van der Waals surface area contributed by atoms with E-state index in [1.807, 2.05) is 25.9 Å². The van der Waals surface area contributed by atoms with Gasteiger partial charge in [-0.15, -0.1) is 0 Å². The molecule has 258 valence electrons. The fourth-order valence-electron chi connectivity index (χ4n) is 6.54. The molecule has 49 heavy (non-hydrogen) atoms. The highest BCUT2D eigenvalue weighted by Crippen LogP contribution is 2.46. The number of phenols is 1. The summed E-state index contributed by atoms with van der Waals surface area (Å²) in [7, 11) is 7.28. The Morgan fingerprint density at radius 1 is 1.16 bits per heavy atom. The summed E-state index contributed by atoms with van der Waals surface area (Å²) in [6.07, 6.45) is 6.09. The van der Waals surface area contributed by atoms with Crippen LogP contribution in [0.4, 0.5) is 14.6 Å². The highest BCUT2D eigenvalue weighted by Gasteiger charge is 2.44. The maximum atomic E-state index is 16.9. The number of nitrogens with two attached hydrogens (primary N) is 1. The number of anilines is 1. The van der Waals surface area contributed by atoms with E-state index in [0.29, 0.717) is 65.8 Å². The van der Waals surface area contributed by atoms with Gasteiger partial charge in [-0.2, -0.15) is 9.97 Å². The van der Waals surface area contributed by atoms with E-state index < -0.39 is 11.6 Å². The molecular weight excluding hydrogens is 630 g/mol. The van der Waals surface area contributed by atoms with Gasteiger partial charge in [0.2, 0.25) is 0 Å². The van der Waals surface area contributed by atoms with E-state index >= 15 is 8.78 Å². The number of aryl methyl sites for hydroxylation is 1. The smallest absolute Gasteiger partial charge is 0.319 e. The number of aliphatic imine (C=N–C) groups is 1. The predicted molar refractivity (Wildman–Crippen MR) is 187 cm³/mol. The van der Waals surface area contributed by atoms with Crippen molar-refractivity contribution in [3.63, 3.8) is 0 Å². The third-order valence-corrected chi connectivity index (χ3v) is 9.05. The van der Waals surface area contributed by atoms with Crippen molar-refractivity contribution in [2.45, 2.75) is 32.6 Å². The van der Waals surface area contributed by atoms with Gasteiger partial charge >= 0.3 is 6.01 Å². The van der Waals surface area contributed by atoms with Gasteiger partial charge in [0, 0.05) is 50.9 Å².